The first-order chi connectivity index (χ1) is 14.7. The van der Waals surface area contributed by atoms with Gasteiger partial charge in [-0.1, -0.05) is 19.1 Å². The van der Waals surface area contributed by atoms with Crippen LogP contribution in [0.25, 0.3) is 0 Å². The number of hydrogen-bond donors (Lipinski definition) is 0. The number of pyridine rings is 1. The largest absolute Gasteiger partial charge is 0.355 e. The van der Waals surface area contributed by atoms with Crippen LogP contribution in [0, 0.1) is 0 Å². The summed E-state index contributed by atoms with van der Waals surface area (Å²) in [5, 5.41) is 0. The highest BCUT2D eigenvalue weighted by molar-refractivity contribution is 5.96. The minimum Gasteiger partial charge on any atom is -0.355 e. The average molecular weight is 407 g/mol. The van der Waals surface area contributed by atoms with Crippen molar-refractivity contribution in [3.8, 4) is 0 Å². The van der Waals surface area contributed by atoms with Gasteiger partial charge in [0.15, 0.2) is 0 Å². The van der Waals surface area contributed by atoms with E-state index in [1.165, 1.54) is 36.3 Å². The van der Waals surface area contributed by atoms with Crippen LogP contribution in [0.2, 0.25) is 0 Å². The van der Waals surface area contributed by atoms with Crippen LogP contribution in [-0.2, 0) is 6.42 Å². The zero-order valence-corrected chi connectivity index (χ0v) is 18.4. The quantitative estimate of drug-likeness (QED) is 0.751. The zero-order valence-electron chi connectivity index (χ0n) is 18.4. The summed E-state index contributed by atoms with van der Waals surface area (Å²) in [6.07, 6.45) is 12.2. The number of fused-ring (bicyclic) bond motifs is 2. The van der Waals surface area contributed by atoms with E-state index in [-0.39, 0.29) is 0 Å². The van der Waals surface area contributed by atoms with Crippen molar-refractivity contribution in [2.45, 2.75) is 38.3 Å². The Labute approximate surface area is 180 Å². The van der Waals surface area contributed by atoms with Crippen LogP contribution in [0.5, 0.6) is 0 Å². The molecule has 4 heterocycles. The Morgan fingerprint density at radius 1 is 1.20 bits per heavy atom. The summed E-state index contributed by atoms with van der Waals surface area (Å²) in [7, 11) is 2.21. The first-order valence-corrected chi connectivity index (χ1v) is 11.6. The Balaban J connectivity index is 1.29. The number of piperazine rings is 1. The van der Waals surface area contributed by atoms with Crippen LogP contribution >= 0.6 is 0 Å². The van der Waals surface area contributed by atoms with Crippen molar-refractivity contribution in [3.05, 3.63) is 53.6 Å². The molecule has 0 N–H and O–H groups in total. The molecule has 0 amide bonds. The summed E-state index contributed by atoms with van der Waals surface area (Å²) >= 11 is 0. The van der Waals surface area contributed by atoms with Gasteiger partial charge >= 0.3 is 0 Å². The third-order valence-electron chi connectivity index (χ3n) is 7.04. The lowest BCUT2D eigenvalue weighted by Gasteiger charge is -2.40. The highest BCUT2D eigenvalue weighted by Gasteiger charge is 2.34. The number of aliphatic imine (C=N–C) groups is 1. The molecule has 0 bridgehead atoms. The lowest BCUT2D eigenvalue weighted by Crippen LogP contribution is -2.48. The Morgan fingerprint density at radius 3 is 2.90 bits per heavy atom. The second-order valence-corrected chi connectivity index (χ2v) is 8.97. The maximum atomic E-state index is 5.12. The maximum Gasteiger partial charge on any atom is 0.129 e. The van der Waals surface area contributed by atoms with Crippen LogP contribution in [0.4, 0.5) is 0 Å². The number of aryl methyl sites for hydroxylation is 1. The second-order valence-electron chi connectivity index (χ2n) is 8.97. The highest BCUT2D eigenvalue weighted by atomic mass is 15.4. The molecular formula is C24H34N6. The number of rotatable bonds is 5. The van der Waals surface area contributed by atoms with Crippen molar-refractivity contribution in [2.75, 3.05) is 52.9 Å². The fourth-order valence-corrected chi connectivity index (χ4v) is 5.35. The van der Waals surface area contributed by atoms with E-state index in [0.29, 0.717) is 12.1 Å². The van der Waals surface area contributed by atoms with Gasteiger partial charge in [0.1, 0.15) is 11.7 Å². The molecule has 6 heteroatoms. The van der Waals surface area contributed by atoms with Gasteiger partial charge in [0.05, 0.1) is 17.8 Å². The normalized spacial score (nSPS) is 26.5. The Morgan fingerprint density at radius 2 is 2.07 bits per heavy atom. The van der Waals surface area contributed by atoms with E-state index in [9.17, 15) is 0 Å². The summed E-state index contributed by atoms with van der Waals surface area (Å²) in [6.45, 7) is 9.75. The van der Waals surface area contributed by atoms with E-state index < -0.39 is 0 Å². The number of allylic oxidation sites excluding steroid dienone is 2. The van der Waals surface area contributed by atoms with E-state index >= 15 is 0 Å². The molecule has 0 aromatic carbocycles. The topological polar surface area (TPSA) is 38.2 Å². The van der Waals surface area contributed by atoms with Crippen LogP contribution in [-0.4, -0.2) is 89.3 Å². The van der Waals surface area contributed by atoms with Crippen molar-refractivity contribution < 1.29 is 0 Å². The first-order valence-electron chi connectivity index (χ1n) is 11.6. The summed E-state index contributed by atoms with van der Waals surface area (Å²) in [6, 6.07) is 5.08. The summed E-state index contributed by atoms with van der Waals surface area (Å²) in [5.74, 6) is 2.47. The van der Waals surface area contributed by atoms with Gasteiger partial charge in [0.2, 0.25) is 0 Å². The van der Waals surface area contributed by atoms with Gasteiger partial charge in [-0.3, -0.25) is 14.9 Å². The maximum absolute atomic E-state index is 5.12. The molecule has 1 aliphatic carbocycles. The molecule has 0 radical (unpaired) electrons. The predicted molar refractivity (Wildman–Crippen MR) is 121 cm³/mol. The van der Waals surface area contributed by atoms with E-state index in [0.717, 1.165) is 51.6 Å². The van der Waals surface area contributed by atoms with E-state index in [1.54, 1.807) is 0 Å². The minimum absolute atomic E-state index is 0.313. The minimum atomic E-state index is 0.313. The van der Waals surface area contributed by atoms with Crippen LogP contribution in [0.1, 0.15) is 37.1 Å². The van der Waals surface area contributed by atoms with Gasteiger partial charge in [-0.05, 0) is 56.6 Å². The molecule has 5 rings (SSSR count). The van der Waals surface area contributed by atoms with Gasteiger partial charge < -0.3 is 14.7 Å². The van der Waals surface area contributed by atoms with Crippen molar-refractivity contribution >= 4 is 5.84 Å². The third kappa shape index (κ3) is 3.79. The summed E-state index contributed by atoms with van der Waals surface area (Å²) < 4.78 is 0. The van der Waals surface area contributed by atoms with Gasteiger partial charge in [0, 0.05) is 45.5 Å². The molecule has 1 saturated heterocycles. The van der Waals surface area contributed by atoms with Crippen LogP contribution in [0.15, 0.2) is 47.4 Å². The molecule has 3 aliphatic heterocycles. The summed E-state index contributed by atoms with van der Waals surface area (Å²) in [5.41, 5.74) is 2.73. The Hall–Kier alpha value is -2.18. The van der Waals surface area contributed by atoms with Gasteiger partial charge in [-0.2, -0.15) is 0 Å². The molecule has 30 heavy (non-hydrogen) atoms. The molecule has 2 atom stereocenters. The molecule has 1 unspecified atom stereocenters. The monoisotopic (exact) mass is 406 g/mol. The average Bonchev–Trinajstić information content (AvgIpc) is 3.20. The Kier molecular flexibility index (Phi) is 5.61. The van der Waals surface area contributed by atoms with Crippen LogP contribution < -0.4 is 0 Å². The lowest BCUT2D eigenvalue weighted by molar-refractivity contribution is 0.152. The molecular weight excluding hydrogens is 372 g/mol. The molecule has 160 valence electrons. The fourth-order valence-electron chi connectivity index (χ4n) is 5.35. The molecule has 0 spiro atoms. The lowest BCUT2D eigenvalue weighted by atomic mass is 9.90. The van der Waals surface area contributed by atoms with Crippen LogP contribution in [0.3, 0.4) is 0 Å². The van der Waals surface area contributed by atoms with Crippen molar-refractivity contribution in [2.24, 2.45) is 4.99 Å². The predicted octanol–water partition coefficient (Wildman–Crippen LogP) is 2.52. The molecule has 0 saturated carbocycles. The van der Waals surface area contributed by atoms with Crippen molar-refractivity contribution in [3.63, 3.8) is 0 Å². The van der Waals surface area contributed by atoms with Gasteiger partial charge in [0.25, 0.3) is 0 Å². The fraction of sp³-hybridized carbons (Fsp3) is 0.583. The van der Waals surface area contributed by atoms with E-state index in [1.807, 2.05) is 6.20 Å². The number of nitrogens with zero attached hydrogens (tertiary/aromatic N) is 6. The molecule has 1 fully saturated rings. The molecule has 1 aromatic rings. The van der Waals surface area contributed by atoms with Gasteiger partial charge in [-0.25, -0.2) is 0 Å². The number of likely N-dealkylation sites (N-methyl/N-ethyl adjacent to an activating group) is 2. The Bertz CT molecular complexity index is 851. The third-order valence-corrected chi connectivity index (χ3v) is 7.04. The number of aromatic nitrogens is 1. The van der Waals surface area contributed by atoms with E-state index in [2.05, 4.69) is 63.9 Å². The molecule has 6 nitrogen and oxygen atoms in total. The van der Waals surface area contributed by atoms with E-state index in [4.69, 9.17) is 9.98 Å². The zero-order chi connectivity index (χ0) is 20.5. The SMILES string of the molecule is CCN(CC1CN2C(N3CCN(C)CC3)=CC=CC2=N1)[C@H]1CCCc2cccnc21. The first kappa shape index (κ1) is 19.8. The van der Waals surface area contributed by atoms with Crippen molar-refractivity contribution in [1.29, 1.82) is 0 Å². The highest BCUT2D eigenvalue weighted by Crippen LogP contribution is 2.33. The molecule has 4 aliphatic rings. The second kappa shape index (κ2) is 8.52. The molecule has 1 aromatic heterocycles. The van der Waals surface area contributed by atoms with Gasteiger partial charge in [-0.15, -0.1) is 0 Å². The standard InChI is InChI=1S/C24H34N6/c1-3-28(21-9-4-7-19-8-6-12-25-24(19)21)17-20-18-30-22(26-20)10-5-11-23(30)29-15-13-27(2)14-16-29/h5-6,8,10-12,20-21H,3-4,7,9,13-18H2,1-2H3/t20?,21-/m0/s1. The smallest absolute Gasteiger partial charge is 0.129 e. The van der Waals surface area contributed by atoms with Crippen molar-refractivity contribution in [1.82, 2.24) is 24.6 Å². The summed E-state index contributed by atoms with van der Waals surface area (Å²) in [4.78, 5) is 19.9. The number of amidine groups is 1. The number of hydrogen-bond acceptors (Lipinski definition) is 6.